The zero-order chi connectivity index (χ0) is 14.7. The number of aryl methyl sites for hydroxylation is 1. The van der Waals surface area contributed by atoms with Gasteiger partial charge in [0.15, 0.2) is 5.78 Å². The number of rotatable bonds is 2. The topological polar surface area (TPSA) is 34.1 Å². The molecule has 4 rings (SSSR count). The van der Waals surface area contributed by atoms with Gasteiger partial charge in [-0.3, -0.25) is 9.00 Å². The third kappa shape index (κ3) is 1.82. The van der Waals surface area contributed by atoms with Gasteiger partial charge in [0.1, 0.15) is 5.25 Å². The van der Waals surface area contributed by atoms with E-state index in [0.29, 0.717) is 5.92 Å². The number of carbonyl (C=O) groups excluding carboxylic acids is 1. The van der Waals surface area contributed by atoms with Crippen LogP contribution >= 0.6 is 0 Å². The maximum Gasteiger partial charge on any atom is 0.152 e. The summed E-state index contributed by atoms with van der Waals surface area (Å²) < 4.78 is 12.8. The lowest BCUT2D eigenvalue weighted by molar-refractivity contribution is -0.155. The zero-order valence-electron chi connectivity index (χ0n) is 12.6. The summed E-state index contributed by atoms with van der Waals surface area (Å²) in [6.45, 7) is 8.49. The molecule has 0 aromatic heterocycles. The molecule has 1 aromatic carbocycles. The number of hydrogen-bond acceptors (Lipinski definition) is 2. The van der Waals surface area contributed by atoms with Crippen molar-refractivity contribution in [3.05, 3.63) is 29.8 Å². The Morgan fingerprint density at radius 2 is 1.80 bits per heavy atom. The Morgan fingerprint density at radius 1 is 1.20 bits per heavy atom. The molecule has 0 heterocycles. The van der Waals surface area contributed by atoms with Crippen molar-refractivity contribution in [3.8, 4) is 0 Å². The predicted octanol–water partition coefficient (Wildman–Crippen LogP) is 3.35. The van der Waals surface area contributed by atoms with Gasteiger partial charge in [0, 0.05) is 10.8 Å². The lowest BCUT2D eigenvalue weighted by Crippen LogP contribution is -2.63. The molecule has 3 fully saturated rings. The second kappa shape index (κ2) is 4.52. The summed E-state index contributed by atoms with van der Waals surface area (Å²) >= 11 is 0. The molecule has 0 N–H and O–H groups in total. The Hall–Kier alpha value is -0.960. The Balaban J connectivity index is 1.90. The molecule has 2 nitrogen and oxygen atoms in total. The number of Topliss-reactive ketones (excluding diaryl/α,β-unsaturated/α-hetero) is 1. The van der Waals surface area contributed by atoms with E-state index in [9.17, 15) is 9.00 Å². The minimum Gasteiger partial charge on any atom is -0.298 e. The molecule has 0 spiro atoms. The monoisotopic (exact) mass is 290 g/mol. The third-order valence-corrected chi connectivity index (χ3v) is 7.42. The van der Waals surface area contributed by atoms with Gasteiger partial charge >= 0.3 is 0 Å². The molecule has 3 heteroatoms. The van der Waals surface area contributed by atoms with Gasteiger partial charge in [-0.2, -0.15) is 0 Å². The maximum atomic E-state index is 12.8. The summed E-state index contributed by atoms with van der Waals surface area (Å²) in [5.74, 6) is 1.08. The highest BCUT2D eigenvalue weighted by Crippen LogP contribution is 2.60. The van der Waals surface area contributed by atoms with Crippen LogP contribution in [0, 0.1) is 30.1 Å². The minimum atomic E-state index is -1.21. The fourth-order valence-electron chi connectivity index (χ4n) is 4.12. The number of ketones is 1. The molecule has 0 saturated heterocycles. The number of carbonyl (C=O) groups is 1. The normalized spacial score (nSPS) is 36.3. The second-order valence-corrected chi connectivity index (χ2v) is 8.58. The summed E-state index contributed by atoms with van der Waals surface area (Å²) in [6, 6.07) is 7.74. The van der Waals surface area contributed by atoms with E-state index in [1.165, 1.54) is 0 Å². The first-order valence-corrected chi connectivity index (χ1v) is 8.56. The molecule has 5 atom stereocenters. The van der Waals surface area contributed by atoms with Gasteiger partial charge in [-0.25, -0.2) is 0 Å². The predicted molar refractivity (Wildman–Crippen MR) is 80.9 cm³/mol. The van der Waals surface area contributed by atoms with E-state index in [0.717, 1.165) is 16.9 Å². The van der Waals surface area contributed by atoms with E-state index in [-0.39, 0.29) is 28.3 Å². The standard InChI is InChI=1S/C17H22O2S/c1-10-5-7-12(8-6-10)20(19)16-11(2)13-9-14(15(16)18)17(13,3)4/h5-8,11,13-14,16H,9H2,1-4H3/t11-,13+,14-,16+,20+/m0/s1. The van der Waals surface area contributed by atoms with Crippen molar-refractivity contribution in [1.82, 2.24) is 0 Å². The summed E-state index contributed by atoms with van der Waals surface area (Å²) in [7, 11) is -1.21. The van der Waals surface area contributed by atoms with Crippen LogP contribution in [0.15, 0.2) is 29.2 Å². The van der Waals surface area contributed by atoms with Gasteiger partial charge in [0.2, 0.25) is 0 Å². The molecule has 3 saturated carbocycles. The first-order chi connectivity index (χ1) is 9.34. The van der Waals surface area contributed by atoms with Crippen LogP contribution in [-0.2, 0) is 15.6 Å². The van der Waals surface area contributed by atoms with Crippen LogP contribution in [0.4, 0.5) is 0 Å². The largest absolute Gasteiger partial charge is 0.298 e. The van der Waals surface area contributed by atoms with Crippen molar-refractivity contribution in [2.45, 2.75) is 44.3 Å². The third-order valence-electron chi connectivity index (χ3n) is 5.56. The molecule has 3 aliphatic rings. The first kappa shape index (κ1) is 14.0. The number of benzene rings is 1. The van der Waals surface area contributed by atoms with E-state index in [1.807, 2.05) is 31.2 Å². The molecule has 0 aliphatic heterocycles. The molecule has 20 heavy (non-hydrogen) atoms. The lowest BCUT2D eigenvalue weighted by Gasteiger charge is -2.60. The van der Waals surface area contributed by atoms with E-state index in [2.05, 4.69) is 20.8 Å². The lowest BCUT2D eigenvalue weighted by atomic mass is 9.45. The molecule has 0 unspecified atom stereocenters. The van der Waals surface area contributed by atoms with Crippen LogP contribution in [0.3, 0.4) is 0 Å². The Bertz CT molecular complexity index is 573. The molecule has 0 amide bonds. The maximum absolute atomic E-state index is 12.8. The molecular weight excluding hydrogens is 268 g/mol. The van der Waals surface area contributed by atoms with Crippen molar-refractivity contribution in [1.29, 1.82) is 0 Å². The van der Waals surface area contributed by atoms with Gasteiger partial charge in [0.25, 0.3) is 0 Å². The van der Waals surface area contributed by atoms with E-state index in [4.69, 9.17) is 0 Å². The fraction of sp³-hybridized carbons (Fsp3) is 0.588. The van der Waals surface area contributed by atoms with Crippen LogP contribution in [0.5, 0.6) is 0 Å². The fourth-order valence-corrected chi connectivity index (χ4v) is 5.77. The Labute approximate surface area is 123 Å². The van der Waals surface area contributed by atoms with Crippen LogP contribution < -0.4 is 0 Å². The van der Waals surface area contributed by atoms with Crippen molar-refractivity contribution in [3.63, 3.8) is 0 Å². The average molecular weight is 290 g/mol. The second-order valence-electron chi connectivity index (χ2n) is 7.01. The van der Waals surface area contributed by atoms with Gasteiger partial charge in [-0.15, -0.1) is 0 Å². The Morgan fingerprint density at radius 3 is 2.30 bits per heavy atom. The molecule has 1 aromatic rings. The van der Waals surface area contributed by atoms with E-state index in [1.54, 1.807) is 0 Å². The summed E-state index contributed by atoms with van der Waals surface area (Å²) in [6.07, 6.45) is 0.995. The van der Waals surface area contributed by atoms with Gasteiger partial charge in [-0.05, 0) is 42.7 Å². The molecule has 0 radical (unpaired) electrons. The van der Waals surface area contributed by atoms with Crippen LogP contribution in [0.1, 0.15) is 32.8 Å². The van der Waals surface area contributed by atoms with Crippen molar-refractivity contribution in [2.75, 3.05) is 0 Å². The van der Waals surface area contributed by atoms with Crippen LogP contribution in [0.2, 0.25) is 0 Å². The quantitative estimate of drug-likeness (QED) is 0.837. The highest BCUT2D eigenvalue weighted by molar-refractivity contribution is 7.86. The highest BCUT2D eigenvalue weighted by atomic mass is 32.2. The van der Waals surface area contributed by atoms with Gasteiger partial charge in [-0.1, -0.05) is 38.5 Å². The van der Waals surface area contributed by atoms with Crippen LogP contribution in [-0.4, -0.2) is 15.2 Å². The minimum absolute atomic E-state index is 0.102. The molecule has 3 aliphatic carbocycles. The van der Waals surface area contributed by atoms with Crippen LogP contribution in [0.25, 0.3) is 0 Å². The summed E-state index contributed by atoms with van der Waals surface area (Å²) in [5, 5.41) is -0.311. The number of hydrogen-bond donors (Lipinski definition) is 0. The van der Waals surface area contributed by atoms with Crippen molar-refractivity contribution in [2.24, 2.45) is 23.2 Å². The van der Waals surface area contributed by atoms with Crippen molar-refractivity contribution >= 4 is 16.6 Å². The molecular formula is C17H22O2S. The highest BCUT2D eigenvalue weighted by Gasteiger charge is 2.62. The molecule has 2 bridgehead atoms. The van der Waals surface area contributed by atoms with E-state index < -0.39 is 10.8 Å². The average Bonchev–Trinajstić information content (AvgIpc) is 2.37. The molecule has 108 valence electrons. The Kier molecular flexibility index (Phi) is 3.16. The van der Waals surface area contributed by atoms with Gasteiger partial charge < -0.3 is 0 Å². The number of fused-ring (bicyclic) bond motifs is 2. The first-order valence-electron chi connectivity index (χ1n) is 7.35. The zero-order valence-corrected chi connectivity index (χ0v) is 13.4. The smallest absolute Gasteiger partial charge is 0.152 e. The van der Waals surface area contributed by atoms with Crippen molar-refractivity contribution < 1.29 is 9.00 Å². The van der Waals surface area contributed by atoms with E-state index >= 15 is 0 Å². The summed E-state index contributed by atoms with van der Waals surface area (Å²) in [4.78, 5) is 13.5. The SMILES string of the molecule is Cc1ccc([S@@](=O)[C@H]2C(=O)[C@@H]3C[C@H]([C@@H]2C)C3(C)C)cc1. The van der Waals surface area contributed by atoms with Gasteiger partial charge in [0.05, 0.1) is 10.8 Å². The summed E-state index contributed by atoms with van der Waals surface area (Å²) in [5.41, 5.74) is 1.25.